The molecule has 20 heavy (non-hydrogen) atoms. The highest BCUT2D eigenvalue weighted by atomic mass is 79.9. The van der Waals surface area contributed by atoms with Gasteiger partial charge < -0.3 is 15.4 Å². The van der Waals surface area contributed by atoms with Crippen molar-refractivity contribution in [2.24, 2.45) is 0 Å². The van der Waals surface area contributed by atoms with E-state index in [0.717, 1.165) is 10.2 Å². The van der Waals surface area contributed by atoms with Gasteiger partial charge in [-0.15, -0.1) is 0 Å². The Morgan fingerprint density at radius 3 is 2.70 bits per heavy atom. The Bertz CT molecular complexity index is 609. The fraction of sp³-hybridized carbons (Fsp3) is 0.231. The molecule has 0 saturated carbocycles. The smallest absolute Gasteiger partial charge is 0.158 e. The van der Waals surface area contributed by atoms with Crippen molar-refractivity contribution in [3.05, 3.63) is 39.6 Å². The van der Waals surface area contributed by atoms with E-state index in [1.54, 1.807) is 14.2 Å². The Labute approximate surface area is 130 Å². The fourth-order valence-corrected chi connectivity index (χ4v) is 2.13. The van der Waals surface area contributed by atoms with Crippen LogP contribution in [0, 0.1) is 0 Å². The van der Waals surface area contributed by atoms with E-state index in [1.165, 1.54) is 0 Å². The van der Waals surface area contributed by atoms with Crippen LogP contribution in [0.3, 0.4) is 0 Å². The lowest BCUT2D eigenvalue weighted by Gasteiger charge is -2.11. The van der Waals surface area contributed by atoms with Crippen LogP contribution in [0.25, 0.3) is 0 Å². The highest BCUT2D eigenvalue weighted by molar-refractivity contribution is 9.10. The first-order chi connectivity index (χ1) is 9.62. The van der Waals surface area contributed by atoms with Gasteiger partial charge in [0.1, 0.15) is 18.2 Å². The summed E-state index contributed by atoms with van der Waals surface area (Å²) in [6.45, 7) is 0.348. The van der Waals surface area contributed by atoms with E-state index >= 15 is 0 Å². The zero-order valence-corrected chi connectivity index (χ0v) is 13.4. The minimum atomic E-state index is 0.348. The molecule has 1 aromatic carbocycles. The van der Waals surface area contributed by atoms with Crippen molar-refractivity contribution in [1.82, 2.24) is 9.97 Å². The molecule has 2 rings (SSSR count). The van der Waals surface area contributed by atoms with Crippen molar-refractivity contribution in [1.29, 1.82) is 0 Å². The fourth-order valence-electron chi connectivity index (χ4n) is 1.61. The lowest BCUT2D eigenvalue weighted by atomic mass is 10.3. The third kappa shape index (κ3) is 3.82. The summed E-state index contributed by atoms with van der Waals surface area (Å²) in [7, 11) is 3.41. The van der Waals surface area contributed by atoms with Crippen molar-refractivity contribution < 1.29 is 4.74 Å². The molecule has 106 valence electrons. The second-order valence-electron chi connectivity index (χ2n) is 3.99. The zero-order chi connectivity index (χ0) is 14.5. The van der Waals surface area contributed by atoms with Gasteiger partial charge in [-0.05, 0) is 34.1 Å². The zero-order valence-electron chi connectivity index (χ0n) is 11.1. The van der Waals surface area contributed by atoms with Gasteiger partial charge in [-0.3, -0.25) is 0 Å². The minimum Gasteiger partial charge on any atom is -0.377 e. The van der Waals surface area contributed by atoms with Crippen LogP contribution in [0.2, 0.25) is 5.02 Å². The van der Waals surface area contributed by atoms with E-state index in [0.29, 0.717) is 29.1 Å². The van der Waals surface area contributed by atoms with Gasteiger partial charge in [0.05, 0.1) is 5.69 Å². The maximum absolute atomic E-state index is 6.00. The van der Waals surface area contributed by atoms with Crippen molar-refractivity contribution in [2.75, 3.05) is 24.8 Å². The first-order valence-corrected chi connectivity index (χ1v) is 7.06. The highest BCUT2D eigenvalue weighted by Gasteiger charge is 2.06. The van der Waals surface area contributed by atoms with Gasteiger partial charge in [-0.25, -0.2) is 9.97 Å². The molecule has 0 aliphatic rings. The Kier molecular flexibility index (Phi) is 5.17. The van der Waals surface area contributed by atoms with Crippen molar-refractivity contribution in [3.8, 4) is 0 Å². The molecule has 2 N–H and O–H groups in total. The van der Waals surface area contributed by atoms with Gasteiger partial charge in [0.15, 0.2) is 5.82 Å². The van der Waals surface area contributed by atoms with Gasteiger partial charge in [0.25, 0.3) is 0 Å². The summed E-state index contributed by atoms with van der Waals surface area (Å²) in [5, 5.41) is 6.85. The van der Waals surface area contributed by atoms with Crippen molar-refractivity contribution >= 4 is 44.9 Å². The monoisotopic (exact) mass is 356 g/mol. The van der Waals surface area contributed by atoms with E-state index in [-0.39, 0.29) is 0 Å². The Balaban J connectivity index is 2.32. The third-order valence-electron chi connectivity index (χ3n) is 2.49. The van der Waals surface area contributed by atoms with E-state index in [2.05, 4.69) is 36.5 Å². The maximum atomic E-state index is 6.00. The van der Waals surface area contributed by atoms with Crippen LogP contribution in [-0.4, -0.2) is 24.1 Å². The lowest BCUT2D eigenvalue weighted by molar-refractivity contribution is 0.178. The number of ether oxygens (including phenoxy) is 1. The largest absolute Gasteiger partial charge is 0.377 e. The number of hydrogen-bond acceptors (Lipinski definition) is 5. The van der Waals surface area contributed by atoms with Crippen molar-refractivity contribution in [3.63, 3.8) is 0 Å². The molecule has 0 amide bonds. The molecule has 0 saturated heterocycles. The Hall–Kier alpha value is -1.37. The molecule has 1 heterocycles. The molecule has 0 bridgehead atoms. The van der Waals surface area contributed by atoms with E-state index in [9.17, 15) is 0 Å². The predicted octanol–water partition coefficient (Wildman–Crippen LogP) is 3.82. The number of nitrogens with one attached hydrogen (secondary N) is 2. The summed E-state index contributed by atoms with van der Waals surface area (Å²) < 4.78 is 5.97. The molecule has 0 aliphatic carbocycles. The molecular formula is C13H14BrClN4O. The van der Waals surface area contributed by atoms with Crippen LogP contribution in [-0.2, 0) is 11.3 Å². The maximum Gasteiger partial charge on any atom is 0.158 e. The molecular weight excluding hydrogens is 344 g/mol. The number of rotatable bonds is 5. The lowest BCUT2D eigenvalue weighted by Crippen LogP contribution is -2.05. The molecule has 0 fully saturated rings. The van der Waals surface area contributed by atoms with Gasteiger partial charge >= 0.3 is 0 Å². The topological polar surface area (TPSA) is 59.1 Å². The second-order valence-corrected chi connectivity index (χ2v) is 5.28. The van der Waals surface area contributed by atoms with Crippen LogP contribution in [0.15, 0.2) is 28.7 Å². The van der Waals surface area contributed by atoms with Gasteiger partial charge in [-0.2, -0.15) is 0 Å². The van der Waals surface area contributed by atoms with Crippen molar-refractivity contribution in [2.45, 2.75) is 6.61 Å². The number of benzene rings is 1. The predicted molar refractivity (Wildman–Crippen MR) is 84.7 cm³/mol. The second kappa shape index (κ2) is 6.88. The van der Waals surface area contributed by atoms with Crippen LogP contribution >= 0.6 is 27.5 Å². The quantitative estimate of drug-likeness (QED) is 0.852. The molecule has 0 unspecified atom stereocenters. The number of aromatic nitrogens is 2. The molecule has 7 heteroatoms. The van der Waals surface area contributed by atoms with Crippen LogP contribution in [0.5, 0.6) is 0 Å². The first-order valence-electron chi connectivity index (χ1n) is 5.89. The minimum absolute atomic E-state index is 0.348. The number of halogens is 2. The first kappa shape index (κ1) is 15.0. The SMILES string of the molecule is CNc1cc(Nc2cc(Cl)ccc2Br)nc(COC)n1. The van der Waals surface area contributed by atoms with Crippen LogP contribution in [0.4, 0.5) is 17.3 Å². The third-order valence-corrected chi connectivity index (χ3v) is 3.42. The number of methoxy groups -OCH3 is 1. The summed E-state index contributed by atoms with van der Waals surface area (Å²) in [6, 6.07) is 7.32. The Morgan fingerprint density at radius 1 is 1.25 bits per heavy atom. The van der Waals surface area contributed by atoms with Crippen LogP contribution < -0.4 is 10.6 Å². The van der Waals surface area contributed by atoms with Gasteiger partial charge in [0, 0.05) is 29.7 Å². The summed E-state index contributed by atoms with van der Waals surface area (Å²) in [5.74, 6) is 1.98. The Morgan fingerprint density at radius 2 is 2.00 bits per heavy atom. The number of nitrogens with zero attached hydrogens (tertiary/aromatic N) is 2. The van der Waals surface area contributed by atoms with E-state index in [1.807, 2.05) is 24.3 Å². The van der Waals surface area contributed by atoms with Crippen LogP contribution in [0.1, 0.15) is 5.82 Å². The molecule has 2 aromatic rings. The number of hydrogen-bond donors (Lipinski definition) is 2. The number of anilines is 3. The van der Waals surface area contributed by atoms with E-state index < -0.39 is 0 Å². The average Bonchev–Trinajstić information content (AvgIpc) is 2.43. The summed E-state index contributed by atoms with van der Waals surface area (Å²) in [6.07, 6.45) is 0. The van der Waals surface area contributed by atoms with E-state index in [4.69, 9.17) is 16.3 Å². The molecule has 1 aromatic heterocycles. The molecule has 0 aliphatic heterocycles. The van der Waals surface area contributed by atoms with Gasteiger partial charge in [0.2, 0.25) is 0 Å². The standard InChI is InChI=1S/C13H14BrClN4O/c1-16-11-6-12(19-13(18-11)7-20-2)17-10-5-8(15)3-4-9(10)14/h3-6H,7H2,1-2H3,(H2,16,17,18,19). The molecule has 0 spiro atoms. The molecule has 0 atom stereocenters. The molecule has 0 radical (unpaired) electrons. The normalized spacial score (nSPS) is 10.4. The average molecular weight is 358 g/mol. The van der Waals surface area contributed by atoms with Gasteiger partial charge in [-0.1, -0.05) is 11.6 Å². The highest BCUT2D eigenvalue weighted by Crippen LogP contribution is 2.28. The summed E-state index contributed by atoms with van der Waals surface area (Å²) in [5.41, 5.74) is 0.835. The molecule has 5 nitrogen and oxygen atoms in total. The summed E-state index contributed by atoms with van der Waals surface area (Å²) in [4.78, 5) is 8.68. The summed E-state index contributed by atoms with van der Waals surface area (Å²) >= 11 is 9.46.